The van der Waals surface area contributed by atoms with Crippen molar-refractivity contribution in [3.05, 3.63) is 75.3 Å². The van der Waals surface area contributed by atoms with Crippen molar-refractivity contribution in [1.82, 2.24) is 4.90 Å². The molecule has 1 amide bonds. The number of nitrogens with zero attached hydrogens (tertiary/aromatic N) is 2. The Balaban J connectivity index is 1.84. The highest BCUT2D eigenvalue weighted by Gasteiger charge is 2.37. The Morgan fingerprint density at radius 2 is 1.67 bits per heavy atom. The van der Waals surface area contributed by atoms with Crippen LogP contribution in [-0.4, -0.2) is 21.8 Å². The number of benzene rings is 2. The topological polar surface area (TPSA) is 63.4 Å². The molecule has 0 unspecified atom stereocenters. The second-order valence-electron chi connectivity index (χ2n) is 6.47. The summed E-state index contributed by atoms with van der Waals surface area (Å²) >= 11 is 0. The molecule has 0 saturated heterocycles. The Kier molecular flexibility index (Phi) is 5.16. The van der Waals surface area contributed by atoms with Crippen LogP contribution in [0.1, 0.15) is 29.5 Å². The molecule has 0 N–H and O–H groups in total. The van der Waals surface area contributed by atoms with Crippen LogP contribution in [0.4, 0.5) is 18.9 Å². The zero-order valence-electron chi connectivity index (χ0n) is 14.3. The van der Waals surface area contributed by atoms with Crippen LogP contribution in [0.25, 0.3) is 0 Å². The number of amides is 1. The number of carbonyl (C=O) groups is 1. The minimum absolute atomic E-state index is 0.0211. The zero-order valence-corrected chi connectivity index (χ0v) is 14.3. The lowest BCUT2D eigenvalue weighted by Crippen LogP contribution is -2.34. The molecule has 3 rings (SSSR count). The van der Waals surface area contributed by atoms with E-state index in [0.717, 1.165) is 18.9 Å². The summed E-state index contributed by atoms with van der Waals surface area (Å²) in [4.78, 5) is 24.7. The van der Waals surface area contributed by atoms with Gasteiger partial charge in [0.15, 0.2) is 0 Å². The van der Waals surface area contributed by atoms with Crippen molar-refractivity contribution in [3.8, 4) is 0 Å². The highest BCUT2D eigenvalue weighted by molar-refractivity contribution is 5.80. The fraction of sp³-hybridized carbons (Fsp3) is 0.316. The maximum Gasteiger partial charge on any atom is 0.416 e. The van der Waals surface area contributed by atoms with E-state index < -0.39 is 22.6 Å². The summed E-state index contributed by atoms with van der Waals surface area (Å²) in [6, 6.07) is 10.9. The Morgan fingerprint density at radius 3 is 2.26 bits per heavy atom. The largest absolute Gasteiger partial charge is 0.416 e. The second kappa shape index (κ2) is 7.38. The molecule has 0 aromatic heterocycles. The van der Waals surface area contributed by atoms with Gasteiger partial charge in [0.1, 0.15) is 0 Å². The van der Waals surface area contributed by atoms with Crippen molar-refractivity contribution in [1.29, 1.82) is 0 Å². The minimum atomic E-state index is -4.51. The molecule has 27 heavy (non-hydrogen) atoms. The van der Waals surface area contributed by atoms with E-state index in [1.807, 2.05) is 0 Å². The van der Waals surface area contributed by atoms with Crippen molar-refractivity contribution in [3.63, 3.8) is 0 Å². The van der Waals surface area contributed by atoms with E-state index in [1.54, 1.807) is 6.07 Å². The molecule has 0 bridgehead atoms. The van der Waals surface area contributed by atoms with Gasteiger partial charge in [-0.15, -0.1) is 0 Å². The summed E-state index contributed by atoms with van der Waals surface area (Å²) < 4.78 is 39.7. The molecule has 1 fully saturated rings. The highest BCUT2D eigenvalue weighted by Crippen LogP contribution is 2.35. The predicted octanol–water partition coefficient (Wildman–Crippen LogP) is 4.35. The zero-order chi connectivity index (χ0) is 19.6. The molecule has 0 atom stereocenters. The van der Waals surface area contributed by atoms with Gasteiger partial charge in [-0.2, -0.15) is 13.2 Å². The molecule has 1 saturated carbocycles. The number of nitro benzene ring substituents is 1. The third-order valence-corrected chi connectivity index (χ3v) is 4.50. The molecule has 2 aromatic rings. The molecule has 142 valence electrons. The molecular formula is C19H17F3N2O3. The molecule has 8 heteroatoms. The molecule has 5 nitrogen and oxygen atoms in total. The Hall–Kier alpha value is -2.90. The average molecular weight is 378 g/mol. The van der Waals surface area contributed by atoms with Gasteiger partial charge in [0.05, 0.1) is 16.9 Å². The van der Waals surface area contributed by atoms with Crippen LogP contribution in [-0.2, 0) is 23.9 Å². The van der Waals surface area contributed by atoms with Crippen LogP contribution in [0.3, 0.4) is 0 Å². The number of hydrogen-bond acceptors (Lipinski definition) is 3. The Morgan fingerprint density at radius 1 is 1.07 bits per heavy atom. The van der Waals surface area contributed by atoms with E-state index in [9.17, 15) is 28.1 Å². The van der Waals surface area contributed by atoms with Crippen LogP contribution >= 0.6 is 0 Å². The summed E-state index contributed by atoms with van der Waals surface area (Å²) in [6.45, 7) is -0.167. The maximum absolute atomic E-state index is 13.2. The standard InChI is InChI=1S/C19H17F3N2O3/c20-19(21,22)16-7-3-1-6-14(16)12-23(15-9-10-15)18(25)11-13-5-2-4-8-17(13)24(26)27/h1-8,15H,9-12H2. The Bertz CT molecular complexity index is 863. The van der Waals surface area contributed by atoms with Crippen LogP contribution in [0.15, 0.2) is 48.5 Å². The van der Waals surface area contributed by atoms with Crippen LogP contribution in [0, 0.1) is 10.1 Å². The molecule has 0 aliphatic heterocycles. The Labute approximate surface area is 153 Å². The normalized spacial score (nSPS) is 14.0. The smallest absolute Gasteiger partial charge is 0.335 e. The number of hydrogen-bond donors (Lipinski definition) is 0. The van der Waals surface area contributed by atoms with Crippen LogP contribution in [0.2, 0.25) is 0 Å². The SMILES string of the molecule is O=C(Cc1ccccc1[N+](=O)[O-])N(Cc1ccccc1C(F)(F)F)C1CC1. The third kappa shape index (κ3) is 4.45. The molecule has 0 radical (unpaired) electrons. The van der Waals surface area contributed by atoms with Gasteiger partial charge in [-0.1, -0.05) is 36.4 Å². The van der Waals surface area contributed by atoms with Gasteiger partial charge < -0.3 is 4.90 Å². The number of alkyl halides is 3. The summed E-state index contributed by atoms with van der Waals surface area (Å²) in [6.07, 6.45) is -3.29. The predicted molar refractivity (Wildman–Crippen MR) is 91.8 cm³/mol. The molecular weight excluding hydrogens is 361 g/mol. The van der Waals surface area contributed by atoms with Crippen molar-refractivity contribution >= 4 is 11.6 Å². The lowest BCUT2D eigenvalue weighted by Gasteiger charge is -2.24. The number of halogens is 3. The van der Waals surface area contributed by atoms with E-state index in [4.69, 9.17) is 0 Å². The monoisotopic (exact) mass is 378 g/mol. The summed E-state index contributed by atoms with van der Waals surface area (Å²) in [5.74, 6) is -0.413. The fourth-order valence-corrected chi connectivity index (χ4v) is 3.03. The fourth-order valence-electron chi connectivity index (χ4n) is 3.03. The third-order valence-electron chi connectivity index (χ3n) is 4.50. The molecule has 1 aliphatic carbocycles. The first kappa shape index (κ1) is 18.9. The second-order valence-corrected chi connectivity index (χ2v) is 6.47. The average Bonchev–Trinajstić information content (AvgIpc) is 3.44. The molecule has 2 aromatic carbocycles. The van der Waals surface area contributed by atoms with Crippen molar-refractivity contribution in [2.24, 2.45) is 0 Å². The number of carbonyl (C=O) groups excluding carboxylic acids is 1. The van der Waals surface area contributed by atoms with Gasteiger partial charge in [-0.3, -0.25) is 14.9 Å². The van der Waals surface area contributed by atoms with Gasteiger partial charge in [-0.05, 0) is 24.5 Å². The van der Waals surface area contributed by atoms with Crippen LogP contribution in [0.5, 0.6) is 0 Å². The van der Waals surface area contributed by atoms with Crippen molar-refractivity contribution in [2.45, 2.75) is 38.0 Å². The van der Waals surface area contributed by atoms with Crippen molar-refractivity contribution in [2.75, 3.05) is 0 Å². The first-order chi connectivity index (χ1) is 12.8. The first-order valence-corrected chi connectivity index (χ1v) is 8.44. The first-order valence-electron chi connectivity index (χ1n) is 8.44. The van der Waals surface area contributed by atoms with Crippen molar-refractivity contribution < 1.29 is 22.9 Å². The number of rotatable bonds is 6. The summed E-state index contributed by atoms with van der Waals surface area (Å²) in [7, 11) is 0. The van der Waals surface area contributed by atoms with E-state index in [1.165, 1.54) is 41.3 Å². The van der Waals surface area contributed by atoms with Gasteiger partial charge in [0.2, 0.25) is 5.91 Å². The number of nitro groups is 1. The van der Waals surface area contributed by atoms with Crippen LogP contribution < -0.4 is 0 Å². The molecule has 0 spiro atoms. The maximum atomic E-state index is 13.2. The van der Waals surface area contributed by atoms with Gasteiger partial charge >= 0.3 is 6.18 Å². The van der Waals surface area contributed by atoms with Gasteiger partial charge in [0.25, 0.3) is 5.69 Å². The summed E-state index contributed by atoms with van der Waals surface area (Å²) in [5, 5.41) is 11.1. The van der Waals surface area contributed by atoms with Gasteiger partial charge in [-0.25, -0.2) is 0 Å². The quantitative estimate of drug-likeness (QED) is 0.555. The molecule has 0 heterocycles. The minimum Gasteiger partial charge on any atom is -0.335 e. The van der Waals surface area contributed by atoms with Gasteiger partial charge in [0, 0.05) is 24.2 Å². The lowest BCUT2D eigenvalue weighted by atomic mass is 10.1. The van der Waals surface area contributed by atoms with E-state index in [-0.39, 0.29) is 35.8 Å². The molecule has 1 aliphatic rings. The summed E-state index contributed by atoms with van der Waals surface area (Å²) in [5.41, 5.74) is -0.665. The lowest BCUT2D eigenvalue weighted by molar-refractivity contribution is -0.385. The van der Waals surface area contributed by atoms with E-state index >= 15 is 0 Å². The van der Waals surface area contributed by atoms with E-state index in [0.29, 0.717) is 0 Å². The number of para-hydroxylation sites is 1. The highest BCUT2D eigenvalue weighted by atomic mass is 19.4. The van der Waals surface area contributed by atoms with E-state index in [2.05, 4.69) is 0 Å².